The standard InChI is InChI=1S/2C6H5ClO.3C5H5.C5H.H2O.2Zr/c2*7-5-1-3-6(8)4-2-5;4*1-2-4-5-3-1;;;/h2*1-4,8H;3*1-5H;1H;1H2;;/q;;-5;2*-1;-5;;;. The van der Waals surface area contributed by atoms with Gasteiger partial charge in [0.05, 0.1) is 0 Å². The zero-order valence-corrected chi connectivity index (χ0v) is 27.4. The molecule has 0 aliphatic rings. The van der Waals surface area contributed by atoms with Crippen LogP contribution in [0.25, 0.3) is 0 Å². The Morgan fingerprint density at radius 1 is 0.513 bits per heavy atom. The Morgan fingerprint density at radius 2 is 0.795 bits per heavy atom. The van der Waals surface area contributed by atoms with E-state index in [0.29, 0.717) is 10.0 Å². The molecule has 0 spiro atoms. The van der Waals surface area contributed by atoms with Gasteiger partial charge in [-0.05, 0) is 48.5 Å². The van der Waals surface area contributed by atoms with Gasteiger partial charge in [0.15, 0.2) is 0 Å². The summed E-state index contributed by atoms with van der Waals surface area (Å²) in [7, 11) is 0. The molecule has 4 N–H and O–H groups in total. The van der Waals surface area contributed by atoms with Crippen molar-refractivity contribution in [1.82, 2.24) is 0 Å². The normalized spacial score (nSPS) is 7.85. The average Bonchev–Trinajstić information content (AvgIpc) is 3.75. The summed E-state index contributed by atoms with van der Waals surface area (Å²) in [6.45, 7) is 0. The molecule has 0 unspecified atom stereocenters. The van der Waals surface area contributed by atoms with E-state index in [1.54, 1.807) is 54.6 Å². The zero-order valence-electron chi connectivity index (χ0n) is 21.0. The Kier molecular flexibility index (Phi) is 32.0. The largest absolute Gasteiger partial charge is 0.999 e. The second kappa shape index (κ2) is 30.3. The first-order chi connectivity index (χ1) is 17.6. The summed E-state index contributed by atoms with van der Waals surface area (Å²) in [6, 6.07) is 54.7. The molecule has 0 saturated heterocycles. The Hall–Kier alpha value is -2.25. The molecular formula is C32H28Cl2O3Zr2-12. The van der Waals surface area contributed by atoms with Gasteiger partial charge in [0.2, 0.25) is 0 Å². The van der Waals surface area contributed by atoms with E-state index >= 15 is 0 Å². The van der Waals surface area contributed by atoms with E-state index in [-0.39, 0.29) is 69.4 Å². The summed E-state index contributed by atoms with van der Waals surface area (Å²) in [5.41, 5.74) is 0. The zero-order chi connectivity index (χ0) is 26.1. The van der Waals surface area contributed by atoms with Crippen molar-refractivity contribution in [2.45, 2.75) is 0 Å². The molecule has 0 amide bonds. The van der Waals surface area contributed by atoms with E-state index in [4.69, 9.17) is 33.4 Å². The van der Waals surface area contributed by atoms with Crippen molar-refractivity contribution in [3.8, 4) is 11.5 Å². The van der Waals surface area contributed by atoms with Crippen LogP contribution in [0.1, 0.15) is 0 Å². The number of rotatable bonds is 0. The summed E-state index contributed by atoms with van der Waals surface area (Å²) >= 11 is 11.0. The van der Waals surface area contributed by atoms with Gasteiger partial charge in [-0.3, -0.25) is 0 Å². The van der Waals surface area contributed by atoms with Crippen molar-refractivity contribution < 1.29 is 68.1 Å². The number of benzene rings is 2. The fraction of sp³-hybridized carbons (Fsp3) is 0. The molecule has 6 aromatic carbocycles. The molecule has 0 aromatic heterocycles. The van der Waals surface area contributed by atoms with Gasteiger partial charge in [0.25, 0.3) is 0 Å². The quantitative estimate of drug-likeness (QED) is 0.156. The third-order valence-corrected chi connectivity index (χ3v) is 4.18. The van der Waals surface area contributed by atoms with Crippen molar-refractivity contribution in [2.75, 3.05) is 0 Å². The van der Waals surface area contributed by atoms with Crippen LogP contribution in [0.15, 0.2) is 146 Å². The topological polar surface area (TPSA) is 72.0 Å². The van der Waals surface area contributed by atoms with Gasteiger partial charge in [0.1, 0.15) is 11.5 Å². The second-order valence-corrected chi connectivity index (χ2v) is 7.40. The number of phenols is 2. The second-order valence-electron chi connectivity index (χ2n) is 6.52. The molecule has 0 fully saturated rings. The minimum Gasteiger partial charge on any atom is -0.999 e. The first-order valence-corrected chi connectivity index (χ1v) is 11.6. The molecule has 0 aliphatic carbocycles. The molecule has 0 radical (unpaired) electrons. The molecule has 0 bridgehead atoms. The first-order valence-electron chi connectivity index (χ1n) is 10.8. The molecule has 0 heterocycles. The maximum atomic E-state index is 8.70. The predicted molar refractivity (Wildman–Crippen MR) is 153 cm³/mol. The van der Waals surface area contributed by atoms with Gasteiger partial charge in [-0.25, -0.2) is 24.3 Å². The smallest absolute Gasteiger partial charge is 0.115 e. The van der Waals surface area contributed by atoms with Crippen LogP contribution in [0.2, 0.25) is 10.0 Å². The molecule has 7 heteroatoms. The van der Waals surface area contributed by atoms with Crippen LogP contribution in [0, 0.1) is 24.3 Å². The van der Waals surface area contributed by atoms with Gasteiger partial charge >= 0.3 is 0 Å². The summed E-state index contributed by atoms with van der Waals surface area (Å²) in [6.07, 6.45) is 0. The van der Waals surface area contributed by atoms with E-state index in [9.17, 15) is 0 Å². The predicted octanol–water partition coefficient (Wildman–Crippen LogP) is 8.08. The van der Waals surface area contributed by atoms with Crippen LogP contribution in [0.4, 0.5) is 0 Å². The molecular weight excluding hydrogens is 686 g/mol. The van der Waals surface area contributed by atoms with Crippen LogP contribution in [0.5, 0.6) is 11.5 Å². The van der Waals surface area contributed by atoms with E-state index < -0.39 is 0 Å². The van der Waals surface area contributed by atoms with E-state index in [1.807, 2.05) is 91.0 Å². The third-order valence-electron chi connectivity index (χ3n) is 3.67. The van der Waals surface area contributed by atoms with Crippen molar-refractivity contribution in [2.24, 2.45) is 0 Å². The minimum atomic E-state index is 0. The molecule has 208 valence electrons. The van der Waals surface area contributed by atoms with E-state index in [0.717, 1.165) is 0 Å². The molecule has 0 atom stereocenters. The molecule has 0 aliphatic heterocycles. The summed E-state index contributed by atoms with van der Waals surface area (Å²) in [5, 5.41) is 18.7. The van der Waals surface area contributed by atoms with Gasteiger partial charge < -0.3 is 76.4 Å². The summed E-state index contributed by atoms with van der Waals surface area (Å²) < 4.78 is 0. The number of halogens is 2. The van der Waals surface area contributed by atoms with Crippen LogP contribution < -0.4 is 0 Å². The molecule has 39 heavy (non-hydrogen) atoms. The summed E-state index contributed by atoms with van der Waals surface area (Å²) in [4.78, 5) is 0. The Bertz CT molecular complexity index is 881. The molecule has 6 rings (SSSR count). The molecule has 3 nitrogen and oxygen atoms in total. The van der Waals surface area contributed by atoms with Crippen molar-refractivity contribution in [1.29, 1.82) is 0 Å². The third kappa shape index (κ3) is 28.6. The number of phenolic OH excluding ortho intramolecular Hbond substituents is 2. The van der Waals surface area contributed by atoms with Crippen LogP contribution in [-0.4, -0.2) is 15.7 Å². The minimum absolute atomic E-state index is 0. The maximum Gasteiger partial charge on any atom is 0.115 e. The number of hydrogen-bond donors (Lipinski definition) is 2. The van der Waals surface area contributed by atoms with Crippen molar-refractivity contribution in [3.63, 3.8) is 0 Å². The van der Waals surface area contributed by atoms with E-state index in [2.05, 4.69) is 24.3 Å². The SMILES string of the molecule is O.Oc1ccc(Cl)cc1.Oc1ccc(Cl)cc1.[Zr].[Zr].[c-]1[c-][c-][cH-][c-]1.[cH-]1[cH-][cH-][cH-][cH-]1.c1cc[cH-]c1.c1cc[cH-]c1. The molecule has 0 saturated carbocycles. The van der Waals surface area contributed by atoms with Gasteiger partial charge in [-0.15, -0.1) is 0 Å². The van der Waals surface area contributed by atoms with Crippen LogP contribution in [0.3, 0.4) is 0 Å². The maximum absolute atomic E-state index is 8.70. The van der Waals surface area contributed by atoms with Gasteiger partial charge in [-0.1, -0.05) is 23.2 Å². The fourth-order valence-electron chi connectivity index (χ4n) is 2.02. The molecule has 6 aromatic rings. The monoisotopic (exact) mass is 710 g/mol. The van der Waals surface area contributed by atoms with Gasteiger partial charge in [-0.2, -0.15) is 36.4 Å². The first kappa shape index (κ1) is 41.2. The van der Waals surface area contributed by atoms with Crippen molar-refractivity contribution >= 4 is 23.2 Å². The fourth-order valence-corrected chi connectivity index (χ4v) is 2.28. The van der Waals surface area contributed by atoms with Crippen LogP contribution in [-0.2, 0) is 52.4 Å². The summed E-state index contributed by atoms with van der Waals surface area (Å²) in [5.74, 6) is 0.490. The number of hydrogen-bond acceptors (Lipinski definition) is 2. The average molecular weight is 714 g/mol. The number of aromatic hydroxyl groups is 2. The van der Waals surface area contributed by atoms with Crippen LogP contribution >= 0.6 is 23.2 Å². The van der Waals surface area contributed by atoms with E-state index in [1.165, 1.54) is 0 Å². The Balaban J connectivity index is -0.000000398. The van der Waals surface area contributed by atoms with Gasteiger partial charge in [0, 0.05) is 62.5 Å². The Morgan fingerprint density at radius 3 is 0.949 bits per heavy atom. The van der Waals surface area contributed by atoms with Crippen molar-refractivity contribution in [3.05, 3.63) is 180 Å². The Labute approximate surface area is 280 Å².